The molecule has 0 saturated carbocycles. The number of rotatable bonds is 2. The van der Waals surface area contributed by atoms with Crippen molar-refractivity contribution in [1.29, 1.82) is 0 Å². The van der Waals surface area contributed by atoms with E-state index in [-0.39, 0.29) is 0 Å². The Morgan fingerprint density at radius 2 is 1.60 bits per heavy atom. The summed E-state index contributed by atoms with van der Waals surface area (Å²) in [4.78, 5) is 8.15. The van der Waals surface area contributed by atoms with Crippen molar-refractivity contribution in [3.63, 3.8) is 0 Å². The van der Waals surface area contributed by atoms with Gasteiger partial charge in [0.1, 0.15) is 11.5 Å². The number of hydrogen-bond acceptors (Lipinski definition) is 8. The summed E-state index contributed by atoms with van der Waals surface area (Å²) in [5.41, 5.74) is 18.8. The molecule has 0 atom stereocenters. The van der Waals surface area contributed by atoms with Gasteiger partial charge in [0.2, 0.25) is 0 Å². The zero-order valence-electron chi connectivity index (χ0n) is 10.4. The van der Waals surface area contributed by atoms with E-state index in [2.05, 4.69) is 31.0 Å². The number of nitrogens with two attached hydrogens (primary N) is 2. The molecular weight excluding hydrogens is 256 g/mol. The predicted molar refractivity (Wildman–Crippen MR) is 76.6 cm³/mol. The summed E-state index contributed by atoms with van der Waals surface area (Å²) < 4.78 is 0. The molecule has 1 aliphatic heterocycles. The quantitative estimate of drug-likeness (QED) is 0.600. The second-order valence-electron chi connectivity index (χ2n) is 4.09. The maximum Gasteiger partial charge on any atom is 0.192 e. The van der Waals surface area contributed by atoms with E-state index in [0.717, 1.165) is 5.56 Å². The highest BCUT2D eigenvalue weighted by molar-refractivity contribution is 6.05. The van der Waals surface area contributed by atoms with Gasteiger partial charge in [-0.05, 0) is 24.3 Å². The molecule has 20 heavy (non-hydrogen) atoms. The van der Waals surface area contributed by atoms with Crippen molar-refractivity contribution < 1.29 is 0 Å². The lowest BCUT2D eigenvalue weighted by molar-refractivity contribution is 0.877. The zero-order chi connectivity index (χ0) is 13.9. The van der Waals surface area contributed by atoms with Gasteiger partial charge in [-0.1, -0.05) is 0 Å². The van der Waals surface area contributed by atoms with Crippen molar-refractivity contribution in [2.75, 3.05) is 11.5 Å². The molecule has 2 aromatic heterocycles. The minimum absolute atomic E-state index is 0.452. The lowest BCUT2D eigenvalue weighted by atomic mass is 10.2. The Kier molecular flexibility index (Phi) is 2.88. The van der Waals surface area contributed by atoms with Crippen LogP contribution in [0.25, 0.3) is 0 Å². The SMILES string of the molecule is Nc1ccc(C2=NNC(c3ccc(N)nc3)=NN2)nc1. The molecule has 8 nitrogen and oxygen atoms in total. The number of nitrogen functional groups attached to an aromatic ring is 2. The van der Waals surface area contributed by atoms with E-state index in [0.29, 0.717) is 28.9 Å². The summed E-state index contributed by atoms with van der Waals surface area (Å²) in [6.07, 6.45) is 3.17. The minimum Gasteiger partial charge on any atom is -0.397 e. The molecule has 3 heterocycles. The first kappa shape index (κ1) is 11.9. The molecule has 8 heteroatoms. The van der Waals surface area contributed by atoms with E-state index in [1.54, 1.807) is 36.7 Å². The Morgan fingerprint density at radius 3 is 2.20 bits per heavy atom. The van der Waals surface area contributed by atoms with Crippen LogP contribution in [0.2, 0.25) is 0 Å². The molecule has 0 unspecified atom stereocenters. The lowest BCUT2D eigenvalue weighted by Crippen LogP contribution is -2.35. The van der Waals surface area contributed by atoms with Crippen LogP contribution in [0.5, 0.6) is 0 Å². The average Bonchev–Trinajstić information content (AvgIpc) is 2.49. The van der Waals surface area contributed by atoms with E-state index < -0.39 is 0 Å². The Morgan fingerprint density at radius 1 is 0.800 bits per heavy atom. The highest BCUT2D eigenvalue weighted by atomic mass is 15.5. The fourth-order valence-electron chi connectivity index (χ4n) is 1.60. The van der Waals surface area contributed by atoms with Crippen LogP contribution < -0.4 is 22.3 Å². The molecule has 100 valence electrons. The van der Waals surface area contributed by atoms with Crippen LogP contribution in [0, 0.1) is 0 Å². The van der Waals surface area contributed by atoms with Crippen LogP contribution in [0.15, 0.2) is 46.9 Å². The van der Waals surface area contributed by atoms with E-state index in [9.17, 15) is 0 Å². The Labute approximate surface area is 114 Å². The molecule has 0 aromatic carbocycles. The largest absolute Gasteiger partial charge is 0.397 e. The van der Waals surface area contributed by atoms with Crippen molar-refractivity contribution in [1.82, 2.24) is 20.8 Å². The third-order valence-electron chi connectivity index (χ3n) is 2.64. The van der Waals surface area contributed by atoms with Gasteiger partial charge < -0.3 is 11.5 Å². The number of aromatic nitrogens is 2. The van der Waals surface area contributed by atoms with Gasteiger partial charge in [0.25, 0.3) is 0 Å². The van der Waals surface area contributed by atoms with Crippen LogP contribution in [0.4, 0.5) is 11.5 Å². The number of anilines is 2. The Hall–Kier alpha value is -3.16. The van der Waals surface area contributed by atoms with Crippen molar-refractivity contribution in [2.45, 2.75) is 0 Å². The Bertz CT molecular complexity index is 610. The molecule has 0 fully saturated rings. The van der Waals surface area contributed by atoms with Crippen LogP contribution >= 0.6 is 0 Å². The van der Waals surface area contributed by atoms with Crippen LogP contribution in [0.1, 0.15) is 11.3 Å². The topological polar surface area (TPSA) is 127 Å². The van der Waals surface area contributed by atoms with Gasteiger partial charge in [-0.15, -0.1) is 0 Å². The maximum absolute atomic E-state index is 5.58. The first-order chi connectivity index (χ1) is 9.72. The van der Waals surface area contributed by atoms with Crippen molar-refractivity contribution in [3.8, 4) is 0 Å². The smallest absolute Gasteiger partial charge is 0.192 e. The minimum atomic E-state index is 0.452. The Balaban J connectivity index is 1.77. The fourth-order valence-corrected chi connectivity index (χ4v) is 1.60. The van der Waals surface area contributed by atoms with Crippen LogP contribution in [-0.2, 0) is 0 Å². The molecule has 0 spiro atoms. The van der Waals surface area contributed by atoms with Gasteiger partial charge >= 0.3 is 0 Å². The molecule has 0 amide bonds. The maximum atomic E-state index is 5.58. The van der Waals surface area contributed by atoms with Crippen molar-refractivity contribution >= 4 is 23.2 Å². The van der Waals surface area contributed by atoms with E-state index in [1.165, 1.54) is 0 Å². The molecule has 2 aromatic rings. The molecule has 0 aliphatic carbocycles. The van der Waals surface area contributed by atoms with Gasteiger partial charge in [-0.3, -0.25) is 15.8 Å². The van der Waals surface area contributed by atoms with Gasteiger partial charge in [-0.2, -0.15) is 10.2 Å². The molecule has 3 rings (SSSR count). The molecular formula is C12H12N8. The highest BCUT2D eigenvalue weighted by Crippen LogP contribution is 2.06. The first-order valence-corrected chi connectivity index (χ1v) is 5.83. The summed E-state index contributed by atoms with van der Waals surface area (Å²) >= 11 is 0. The second kappa shape index (κ2) is 4.84. The summed E-state index contributed by atoms with van der Waals surface area (Å²) in [5, 5.41) is 8.35. The second-order valence-corrected chi connectivity index (χ2v) is 4.09. The van der Waals surface area contributed by atoms with Crippen LogP contribution in [0.3, 0.4) is 0 Å². The number of nitrogens with one attached hydrogen (secondary N) is 2. The number of pyridine rings is 2. The van der Waals surface area contributed by atoms with Gasteiger partial charge in [0.05, 0.1) is 11.9 Å². The predicted octanol–water partition coefficient (Wildman–Crippen LogP) is -0.143. The molecule has 0 radical (unpaired) electrons. The molecule has 6 N–H and O–H groups in total. The molecule has 1 aliphatic rings. The third-order valence-corrected chi connectivity index (χ3v) is 2.64. The summed E-state index contributed by atoms with van der Waals surface area (Å²) in [7, 11) is 0. The van der Waals surface area contributed by atoms with Crippen molar-refractivity contribution in [3.05, 3.63) is 47.9 Å². The number of nitrogens with zero attached hydrogens (tertiary/aromatic N) is 4. The normalized spacial score (nSPS) is 13.8. The highest BCUT2D eigenvalue weighted by Gasteiger charge is 2.12. The van der Waals surface area contributed by atoms with E-state index in [1.807, 2.05) is 0 Å². The first-order valence-electron chi connectivity index (χ1n) is 5.83. The zero-order valence-corrected chi connectivity index (χ0v) is 10.4. The molecule has 0 bridgehead atoms. The van der Waals surface area contributed by atoms with Gasteiger partial charge in [0.15, 0.2) is 11.7 Å². The number of hydrogen-bond donors (Lipinski definition) is 4. The van der Waals surface area contributed by atoms with E-state index >= 15 is 0 Å². The fraction of sp³-hybridized carbons (Fsp3) is 0. The molecule has 0 saturated heterocycles. The van der Waals surface area contributed by atoms with Crippen molar-refractivity contribution in [2.24, 2.45) is 10.2 Å². The average molecular weight is 268 g/mol. The van der Waals surface area contributed by atoms with Gasteiger partial charge in [-0.25, -0.2) is 4.98 Å². The number of hydrazone groups is 2. The van der Waals surface area contributed by atoms with Crippen LogP contribution in [-0.4, -0.2) is 21.6 Å². The third kappa shape index (κ3) is 2.34. The standard InChI is InChI=1S/C12H12N8/c13-8-2-3-9(15-6-8)12-19-17-11(18-20-12)7-1-4-10(14)16-5-7/h1-6H,13H2,(H2,14,16)(H,17,18)(H,19,20). The summed E-state index contributed by atoms with van der Waals surface area (Å²) in [6.45, 7) is 0. The summed E-state index contributed by atoms with van der Waals surface area (Å²) in [6, 6.07) is 7.00. The summed E-state index contributed by atoms with van der Waals surface area (Å²) in [5.74, 6) is 1.52. The lowest BCUT2D eigenvalue weighted by Gasteiger charge is -2.14. The van der Waals surface area contributed by atoms with E-state index in [4.69, 9.17) is 11.5 Å². The van der Waals surface area contributed by atoms with Gasteiger partial charge in [0, 0.05) is 11.8 Å². The monoisotopic (exact) mass is 268 g/mol. The number of amidine groups is 2.